The Balaban J connectivity index is 1.77. The maximum absolute atomic E-state index is 12.9. The van der Waals surface area contributed by atoms with Crippen LogP contribution in [-0.4, -0.2) is 37.6 Å². The summed E-state index contributed by atoms with van der Waals surface area (Å²) in [4.78, 5) is 14.6. The largest absolute Gasteiger partial charge is 0.496 e. The molecule has 3 rings (SSSR count). The van der Waals surface area contributed by atoms with Crippen molar-refractivity contribution in [2.45, 2.75) is 18.6 Å². The summed E-state index contributed by atoms with van der Waals surface area (Å²) in [5.74, 6) is 0.589. The number of para-hydroxylation sites is 1. The van der Waals surface area contributed by atoms with Gasteiger partial charge in [-0.1, -0.05) is 30.3 Å². The number of hydrogen-bond acceptors (Lipinski definition) is 3. The fourth-order valence-corrected chi connectivity index (χ4v) is 3.31. The maximum atomic E-state index is 12.9. The van der Waals surface area contributed by atoms with Crippen molar-refractivity contribution in [3.8, 4) is 5.75 Å². The van der Waals surface area contributed by atoms with Crippen molar-refractivity contribution in [2.24, 2.45) is 0 Å². The van der Waals surface area contributed by atoms with Crippen molar-refractivity contribution < 1.29 is 22.7 Å². The number of halogens is 3. The van der Waals surface area contributed by atoms with Crippen LogP contribution in [0.1, 0.15) is 22.7 Å². The van der Waals surface area contributed by atoms with Crippen LogP contribution in [0.15, 0.2) is 48.5 Å². The van der Waals surface area contributed by atoms with E-state index in [-0.39, 0.29) is 18.4 Å². The van der Waals surface area contributed by atoms with E-state index in [9.17, 15) is 18.0 Å². The summed E-state index contributed by atoms with van der Waals surface area (Å²) in [6, 6.07) is 12.1. The molecule has 1 N–H and O–H groups in total. The molecule has 1 aliphatic rings. The summed E-state index contributed by atoms with van der Waals surface area (Å²) < 4.78 is 43.5. The Kier molecular flexibility index (Phi) is 5.70. The molecule has 0 spiro atoms. The molecular weight excluding hydrogens is 357 g/mol. The Morgan fingerprint density at radius 3 is 2.56 bits per heavy atom. The number of ether oxygens (including phenoxy) is 1. The van der Waals surface area contributed by atoms with Crippen molar-refractivity contribution in [3.05, 3.63) is 65.2 Å². The van der Waals surface area contributed by atoms with Crippen LogP contribution in [0.3, 0.4) is 0 Å². The van der Waals surface area contributed by atoms with Crippen LogP contribution in [0, 0.1) is 0 Å². The molecule has 27 heavy (non-hydrogen) atoms. The highest BCUT2D eigenvalue weighted by Crippen LogP contribution is 2.31. The quantitative estimate of drug-likeness (QED) is 0.886. The van der Waals surface area contributed by atoms with Gasteiger partial charge in [-0.2, -0.15) is 13.2 Å². The Bertz CT molecular complexity index is 791. The molecule has 0 saturated carbocycles. The normalized spacial score (nSPS) is 17.6. The van der Waals surface area contributed by atoms with Crippen LogP contribution in [0.2, 0.25) is 0 Å². The molecule has 144 valence electrons. The third-order valence-corrected chi connectivity index (χ3v) is 4.70. The van der Waals surface area contributed by atoms with E-state index in [1.54, 1.807) is 12.0 Å². The number of nitrogens with zero attached hydrogens (tertiary/aromatic N) is 1. The SMILES string of the molecule is COc1ccccc1C1CNCCN1C(=O)Cc1ccc(C(F)(F)F)cc1. The number of nitrogens with one attached hydrogen (secondary N) is 1. The molecule has 1 fully saturated rings. The van der Waals surface area contributed by atoms with Crippen molar-refractivity contribution in [1.82, 2.24) is 10.2 Å². The zero-order chi connectivity index (χ0) is 19.4. The van der Waals surface area contributed by atoms with Gasteiger partial charge < -0.3 is 15.0 Å². The molecule has 0 aromatic heterocycles. The highest BCUT2D eigenvalue weighted by molar-refractivity contribution is 5.79. The van der Waals surface area contributed by atoms with E-state index in [4.69, 9.17) is 4.74 Å². The Hall–Kier alpha value is -2.54. The lowest BCUT2D eigenvalue weighted by Gasteiger charge is -2.37. The van der Waals surface area contributed by atoms with Gasteiger partial charge in [-0.05, 0) is 23.8 Å². The summed E-state index contributed by atoms with van der Waals surface area (Å²) in [7, 11) is 1.59. The first-order valence-corrected chi connectivity index (χ1v) is 8.69. The second kappa shape index (κ2) is 8.00. The second-order valence-corrected chi connectivity index (χ2v) is 6.42. The molecule has 2 aromatic rings. The van der Waals surface area contributed by atoms with Gasteiger partial charge in [0.2, 0.25) is 5.91 Å². The van der Waals surface area contributed by atoms with Crippen molar-refractivity contribution in [1.29, 1.82) is 0 Å². The van der Waals surface area contributed by atoms with E-state index in [0.717, 1.165) is 17.7 Å². The van der Waals surface area contributed by atoms with E-state index in [0.29, 0.717) is 30.9 Å². The fourth-order valence-electron chi connectivity index (χ4n) is 3.31. The van der Waals surface area contributed by atoms with Gasteiger partial charge in [-0.25, -0.2) is 0 Å². The standard InChI is InChI=1S/C20H21F3N2O2/c1-27-18-5-3-2-4-16(18)17-13-24-10-11-25(17)19(26)12-14-6-8-15(9-7-14)20(21,22)23/h2-9,17,24H,10-13H2,1H3. The van der Waals surface area contributed by atoms with Gasteiger partial charge in [0.15, 0.2) is 0 Å². The monoisotopic (exact) mass is 378 g/mol. The van der Waals surface area contributed by atoms with Crippen LogP contribution in [0.4, 0.5) is 13.2 Å². The van der Waals surface area contributed by atoms with E-state index in [1.165, 1.54) is 12.1 Å². The first-order valence-electron chi connectivity index (χ1n) is 8.69. The van der Waals surface area contributed by atoms with Crippen molar-refractivity contribution in [3.63, 3.8) is 0 Å². The number of methoxy groups -OCH3 is 1. The molecule has 4 nitrogen and oxygen atoms in total. The highest BCUT2D eigenvalue weighted by atomic mass is 19.4. The molecule has 2 aromatic carbocycles. The number of piperazine rings is 1. The molecule has 1 aliphatic heterocycles. The molecular formula is C20H21F3N2O2. The van der Waals surface area contributed by atoms with Gasteiger partial charge in [0.25, 0.3) is 0 Å². The minimum Gasteiger partial charge on any atom is -0.496 e. The first-order chi connectivity index (χ1) is 12.9. The highest BCUT2D eigenvalue weighted by Gasteiger charge is 2.31. The van der Waals surface area contributed by atoms with Crippen LogP contribution in [0.5, 0.6) is 5.75 Å². The summed E-state index contributed by atoms with van der Waals surface area (Å²) in [5.41, 5.74) is 0.756. The average molecular weight is 378 g/mol. The fraction of sp³-hybridized carbons (Fsp3) is 0.350. The Morgan fingerprint density at radius 2 is 1.89 bits per heavy atom. The third-order valence-electron chi connectivity index (χ3n) is 4.70. The maximum Gasteiger partial charge on any atom is 0.416 e. The van der Waals surface area contributed by atoms with Gasteiger partial charge in [-0.15, -0.1) is 0 Å². The number of rotatable bonds is 4. The minimum atomic E-state index is -4.38. The van der Waals surface area contributed by atoms with Gasteiger partial charge in [-0.3, -0.25) is 4.79 Å². The Morgan fingerprint density at radius 1 is 1.19 bits per heavy atom. The lowest BCUT2D eigenvalue weighted by atomic mass is 10.0. The predicted molar refractivity (Wildman–Crippen MR) is 95.5 cm³/mol. The molecule has 0 radical (unpaired) electrons. The van der Waals surface area contributed by atoms with Crippen LogP contribution in [-0.2, 0) is 17.4 Å². The summed E-state index contributed by atoms with van der Waals surface area (Å²) in [6.45, 7) is 1.80. The van der Waals surface area contributed by atoms with Gasteiger partial charge >= 0.3 is 6.18 Å². The van der Waals surface area contributed by atoms with E-state index in [1.807, 2.05) is 24.3 Å². The molecule has 7 heteroatoms. The van der Waals surface area contributed by atoms with Gasteiger partial charge in [0.1, 0.15) is 5.75 Å². The number of carbonyl (C=O) groups excluding carboxylic acids is 1. The number of benzene rings is 2. The van der Waals surface area contributed by atoms with Crippen LogP contribution < -0.4 is 10.1 Å². The second-order valence-electron chi connectivity index (χ2n) is 6.42. The first kappa shape index (κ1) is 19.2. The van der Waals surface area contributed by atoms with Crippen molar-refractivity contribution >= 4 is 5.91 Å². The average Bonchev–Trinajstić information content (AvgIpc) is 2.67. The molecule has 1 unspecified atom stereocenters. The molecule has 1 atom stereocenters. The summed E-state index contributed by atoms with van der Waals surface area (Å²) >= 11 is 0. The zero-order valence-electron chi connectivity index (χ0n) is 14.9. The molecule has 1 amide bonds. The summed E-state index contributed by atoms with van der Waals surface area (Å²) in [6.07, 6.45) is -4.32. The summed E-state index contributed by atoms with van der Waals surface area (Å²) in [5, 5.41) is 3.28. The van der Waals surface area contributed by atoms with Crippen LogP contribution in [0.25, 0.3) is 0 Å². The lowest BCUT2D eigenvalue weighted by Crippen LogP contribution is -2.49. The van der Waals surface area contributed by atoms with E-state index >= 15 is 0 Å². The predicted octanol–water partition coefficient (Wildman–Crippen LogP) is 3.43. The van der Waals surface area contributed by atoms with Crippen LogP contribution >= 0.6 is 0 Å². The van der Waals surface area contributed by atoms with Gasteiger partial charge in [0.05, 0.1) is 25.1 Å². The molecule has 0 aliphatic carbocycles. The lowest BCUT2D eigenvalue weighted by molar-refractivity contribution is -0.137. The third kappa shape index (κ3) is 4.42. The number of carbonyl (C=O) groups is 1. The molecule has 1 saturated heterocycles. The molecule has 1 heterocycles. The number of hydrogen-bond donors (Lipinski definition) is 1. The number of amides is 1. The minimum absolute atomic E-state index is 0.0593. The zero-order valence-corrected chi connectivity index (χ0v) is 14.9. The van der Waals surface area contributed by atoms with Crippen molar-refractivity contribution in [2.75, 3.05) is 26.7 Å². The molecule has 0 bridgehead atoms. The Labute approximate surface area is 155 Å². The smallest absolute Gasteiger partial charge is 0.416 e. The van der Waals surface area contributed by atoms with E-state index in [2.05, 4.69) is 5.32 Å². The van der Waals surface area contributed by atoms with Gasteiger partial charge in [0, 0.05) is 25.2 Å². The van der Waals surface area contributed by atoms with E-state index < -0.39 is 11.7 Å². The number of alkyl halides is 3. The topological polar surface area (TPSA) is 41.6 Å².